The van der Waals surface area contributed by atoms with E-state index in [1.807, 2.05) is 18.2 Å². The van der Waals surface area contributed by atoms with Crippen molar-refractivity contribution < 1.29 is 19.7 Å². The van der Waals surface area contributed by atoms with E-state index < -0.39 is 5.79 Å². The molecule has 1 aromatic carbocycles. The van der Waals surface area contributed by atoms with Crippen LogP contribution in [0.1, 0.15) is 44.1 Å². The van der Waals surface area contributed by atoms with Crippen molar-refractivity contribution in [2.75, 3.05) is 13.7 Å². The number of carbonyl (C=O) groups excluding carboxylic acids is 1. The minimum absolute atomic E-state index is 0.444. The molecule has 6 heteroatoms. The zero-order valence-electron chi connectivity index (χ0n) is 13.6. The van der Waals surface area contributed by atoms with Crippen LogP contribution in [0.15, 0.2) is 24.3 Å². The average Bonchev–Trinajstić information content (AvgIpc) is 2.91. The van der Waals surface area contributed by atoms with E-state index in [-0.39, 0.29) is 0 Å². The summed E-state index contributed by atoms with van der Waals surface area (Å²) in [5.74, 6) is -1.31. The lowest BCUT2D eigenvalue weighted by Gasteiger charge is -2.11. The molecular weight excluding hydrogens is 336 g/mol. The Bertz CT molecular complexity index is 419. The highest BCUT2D eigenvalue weighted by molar-refractivity contribution is 7.94. The minimum atomic E-state index is -1.31. The SMILES string of the molecule is COCCCCc1ccccc1Cl.O=CS.OC1(O)CCCC1. The molecule has 2 rings (SSSR count). The molecule has 1 fully saturated rings. The standard InChI is InChI=1S/C11H15ClO.C5H10O2.CH2OS/c1-13-9-5-4-7-10-6-2-3-8-11(10)12;6-5(7)3-1-2-4-5;2-1-3/h2-3,6,8H,4-5,7,9H2,1H3;6-7H,1-4H2;1H,(H,2,3). The summed E-state index contributed by atoms with van der Waals surface area (Å²) in [5, 5.41) is 18.4. The summed E-state index contributed by atoms with van der Waals surface area (Å²) in [6.45, 7) is 0.838. The topological polar surface area (TPSA) is 66.8 Å². The molecule has 0 unspecified atom stereocenters. The molecule has 132 valence electrons. The van der Waals surface area contributed by atoms with Crippen molar-refractivity contribution >= 4 is 29.8 Å². The number of thiol groups is 1. The summed E-state index contributed by atoms with van der Waals surface area (Å²) in [5.41, 5.74) is 1.68. The van der Waals surface area contributed by atoms with Crippen LogP contribution in [0.5, 0.6) is 0 Å². The summed E-state index contributed by atoms with van der Waals surface area (Å²) < 4.78 is 4.98. The summed E-state index contributed by atoms with van der Waals surface area (Å²) in [6, 6.07) is 8.00. The third-order valence-electron chi connectivity index (χ3n) is 3.41. The van der Waals surface area contributed by atoms with Crippen molar-refractivity contribution in [3.8, 4) is 0 Å². The number of rotatable bonds is 5. The lowest BCUT2D eigenvalue weighted by Crippen LogP contribution is -2.21. The third kappa shape index (κ3) is 12.5. The van der Waals surface area contributed by atoms with E-state index in [1.165, 1.54) is 5.56 Å². The Morgan fingerprint density at radius 3 is 2.26 bits per heavy atom. The van der Waals surface area contributed by atoms with Gasteiger partial charge < -0.3 is 14.9 Å². The maximum atomic E-state index is 8.75. The Labute approximate surface area is 149 Å². The molecule has 0 saturated heterocycles. The Morgan fingerprint density at radius 1 is 1.26 bits per heavy atom. The van der Waals surface area contributed by atoms with Crippen LogP contribution in [0, 0.1) is 0 Å². The Morgan fingerprint density at radius 2 is 1.83 bits per heavy atom. The van der Waals surface area contributed by atoms with Gasteiger partial charge in [0, 0.05) is 31.6 Å². The maximum Gasteiger partial charge on any atom is 0.173 e. The van der Waals surface area contributed by atoms with Gasteiger partial charge in [-0.05, 0) is 43.7 Å². The predicted octanol–water partition coefficient (Wildman–Crippen LogP) is 3.66. The molecule has 0 atom stereocenters. The van der Waals surface area contributed by atoms with E-state index in [0.717, 1.165) is 43.7 Å². The number of benzene rings is 1. The highest BCUT2D eigenvalue weighted by Gasteiger charge is 2.26. The van der Waals surface area contributed by atoms with Gasteiger partial charge in [-0.25, -0.2) is 0 Å². The minimum Gasteiger partial charge on any atom is -0.385 e. The molecule has 0 bridgehead atoms. The lowest BCUT2D eigenvalue weighted by molar-refractivity contribution is -0.152. The fourth-order valence-electron chi connectivity index (χ4n) is 2.20. The van der Waals surface area contributed by atoms with Crippen LogP contribution in [0.3, 0.4) is 0 Å². The Balaban J connectivity index is 0.000000404. The van der Waals surface area contributed by atoms with Gasteiger partial charge in [-0.1, -0.05) is 29.8 Å². The summed E-state index contributed by atoms with van der Waals surface area (Å²) in [4.78, 5) is 8.67. The van der Waals surface area contributed by atoms with Crippen LogP contribution in [0.2, 0.25) is 5.02 Å². The van der Waals surface area contributed by atoms with E-state index in [0.29, 0.717) is 18.5 Å². The molecule has 1 aliphatic rings. The van der Waals surface area contributed by atoms with Crippen LogP contribution in [-0.2, 0) is 16.0 Å². The first kappa shape index (κ1) is 22.4. The molecule has 4 nitrogen and oxygen atoms in total. The first-order valence-electron chi connectivity index (χ1n) is 7.72. The van der Waals surface area contributed by atoms with Gasteiger partial charge in [0.25, 0.3) is 0 Å². The van der Waals surface area contributed by atoms with Crippen molar-refractivity contribution in [1.82, 2.24) is 0 Å². The number of unbranched alkanes of at least 4 members (excludes halogenated alkanes) is 1. The van der Waals surface area contributed by atoms with E-state index in [4.69, 9.17) is 31.3 Å². The maximum absolute atomic E-state index is 8.75. The van der Waals surface area contributed by atoms with Crippen molar-refractivity contribution in [1.29, 1.82) is 0 Å². The molecule has 0 spiro atoms. The lowest BCUT2D eigenvalue weighted by atomic mass is 10.1. The van der Waals surface area contributed by atoms with Crippen LogP contribution >= 0.6 is 24.2 Å². The molecule has 0 aromatic heterocycles. The highest BCUT2D eigenvalue weighted by Crippen LogP contribution is 2.25. The first-order valence-corrected chi connectivity index (χ1v) is 8.61. The fourth-order valence-corrected chi connectivity index (χ4v) is 2.43. The number of methoxy groups -OCH3 is 1. The summed E-state index contributed by atoms with van der Waals surface area (Å²) in [6.07, 6.45) is 6.34. The van der Waals surface area contributed by atoms with Crippen LogP contribution < -0.4 is 0 Å². The zero-order chi connectivity index (χ0) is 17.6. The number of hydrogen-bond donors (Lipinski definition) is 3. The fraction of sp³-hybridized carbons (Fsp3) is 0.588. The van der Waals surface area contributed by atoms with E-state index in [9.17, 15) is 0 Å². The van der Waals surface area contributed by atoms with Gasteiger partial charge >= 0.3 is 0 Å². The second-order valence-electron chi connectivity index (χ2n) is 5.34. The Kier molecular flexibility index (Phi) is 13.5. The smallest absolute Gasteiger partial charge is 0.173 e. The largest absolute Gasteiger partial charge is 0.385 e. The predicted molar refractivity (Wildman–Crippen MR) is 97.6 cm³/mol. The van der Waals surface area contributed by atoms with Gasteiger partial charge in [-0.3, -0.25) is 4.79 Å². The van der Waals surface area contributed by atoms with Crippen LogP contribution in [-0.4, -0.2) is 35.3 Å². The number of ether oxygens (including phenoxy) is 1. The quantitative estimate of drug-likeness (QED) is 0.323. The normalized spacial score (nSPS) is 15.0. The summed E-state index contributed by atoms with van der Waals surface area (Å²) >= 11 is 9.11. The molecule has 2 N–H and O–H groups in total. The van der Waals surface area contributed by atoms with E-state index in [2.05, 4.69) is 18.7 Å². The van der Waals surface area contributed by atoms with Gasteiger partial charge in [0.15, 0.2) is 11.4 Å². The first-order chi connectivity index (χ1) is 11.0. The van der Waals surface area contributed by atoms with Gasteiger partial charge in [0.05, 0.1) is 0 Å². The molecule has 23 heavy (non-hydrogen) atoms. The number of carbonyl (C=O) groups is 1. The van der Waals surface area contributed by atoms with Crippen molar-refractivity contribution in [2.24, 2.45) is 0 Å². The van der Waals surface area contributed by atoms with Crippen molar-refractivity contribution in [2.45, 2.75) is 50.7 Å². The molecule has 1 saturated carbocycles. The molecule has 1 aliphatic carbocycles. The van der Waals surface area contributed by atoms with Crippen LogP contribution in [0.25, 0.3) is 0 Å². The number of aliphatic hydroxyl groups is 2. The van der Waals surface area contributed by atoms with Gasteiger partial charge in [0.2, 0.25) is 0 Å². The molecule has 1 aromatic rings. The van der Waals surface area contributed by atoms with Crippen molar-refractivity contribution in [3.05, 3.63) is 34.9 Å². The third-order valence-corrected chi connectivity index (χ3v) is 3.78. The molecule has 0 radical (unpaired) electrons. The van der Waals surface area contributed by atoms with Crippen LogP contribution in [0.4, 0.5) is 0 Å². The number of halogens is 1. The van der Waals surface area contributed by atoms with Gasteiger partial charge in [-0.15, -0.1) is 12.6 Å². The monoisotopic (exact) mass is 362 g/mol. The van der Waals surface area contributed by atoms with E-state index >= 15 is 0 Å². The second kappa shape index (κ2) is 13.8. The zero-order valence-corrected chi connectivity index (χ0v) is 15.2. The Hall–Kier alpha value is -0.590. The highest BCUT2D eigenvalue weighted by atomic mass is 35.5. The molecule has 0 amide bonds. The second-order valence-corrected chi connectivity index (χ2v) is 5.95. The number of aryl methyl sites for hydroxylation is 1. The molecule has 0 aliphatic heterocycles. The summed E-state index contributed by atoms with van der Waals surface area (Å²) in [7, 11) is 1.73. The molecule has 0 heterocycles. The average molecular weight is 363 g/mol. The van der Waals surface area contributed by atoms with Gasteiger partial charge in [-0.2, -0.15) is 0 Å². The van der Waals surface area contributed by atoms with Gasteiger partial charge in [0.1, 0.15) is 0 Å². The molecular formula is C17H27ClO4S. The number of hydrogen-bond acceptors (Lipinski definition) is 4. The van der Waals surface area contributed by atoms with Crippen molar-refractivity contribution in [3.63, 3.8) is 0 Å². The van der Waals surface area contributed by atoms with E-state index in [1.54, 1.807) is 7.11 Å².